The minimum absolute atomic E-state index is 0.253. The van der Waals surface area contributed by atoms with E-state index in [-0.39, 0.29) is 5.91 Å². The predicted molar refractivity (Wildman–Crippen MR) is 113 cm³/mol. The zero-order valence-corrected chi connectivity index (χ0v) is 17.3. The molecule has 5 heteroatoms. The fraction of sp³-hybridized carbons (Fsp3) is 0.636. The molecule has 0 fully saturated rings. The van der Waals surface area contributed by atoms with Crippen molar-refractivity contribution < 1.29 is 4.79 Å². The lowest BCUT2D eigenvalue weighted by Gasteiger charge is -2.29. The Bertz CT molecular complexity index is 612. The molecule has 0 aliphatic carbocycles. The number of nitrogens with one attached hydrogen (secondary N) is 2. The van der Waals surface area contributed by atoms with Crippen LogP contribution in [0.5, 0.6) is 0 Å². The number of aliphatic imine (C=N–C) groups is 1. The molecule has 150 valence electrons. The van der Waals surface area contributed by atoms with Gasteiger partial charge in [0.2, 0.25) is 5.91 Å². The van der Waals surface area contributed by atoms with Gasteiger partial charge in [-0.05, 0) is 36.3 Å². The van der Waals surface area contributed by atoms with E-state index in [0.29, 0.717) is 6.42 Å². The summed E-state index contributed by atoms with van der Waals surface area (Å²) in [5, 5.41) is 6.66. The van der Waals surface area contributed by atoms with Gasteiger partial charge in [0.15, 0.2) is 5.96 Å². The number of fused-ring (bicyclic) bond motifs is 1. The number of carbonyl (C=O) groups excluding carboxylic acids is 1. The van der Waals surface area contributed by atoms with E-state index in [1.165, 1.54) is 24.0 Å². The first-order valence-corrected chi connectivity index (χ1v) is 10.4. The molecule has 5 nitrogen and oxygen atoms in total. The monoisotopic (exact) mass is 372 g/mol. The summed E-state index contributed by atoms with van der Waals surface area (Å²) in [6.45, 7) is 7.82. The van der Waals surface area contributed by atoms with Crippen molar-refractivity contribution in [1.82, 2.24) is 15.5 Å². The van der Waals surface area contributed by atoms with Gasteiger partial charge in [-0.25, -0.2) is 0 Å². The fourth-order valence-electron chi connectivity index (χ4n) is 3.42. The van der Waals surface area contributed by atoms with Crippen molar-refractivity contribution in [1.29, 1.82) is 0 Å². The normalized spacial score (nSPS) is 14.2. The summed E-state index contributed by atoms with van der Waals surface area (Å²) in [5.41, 5.74) is 2.67. The Hall–Kier alpha value is -2.04. The van der Waals surface area contributed by atoms with Crippen molar-refractivity contribution in [2.24, 2.45) is 10.9 Å². The summed E-state index contributed by atoms with van der Waals surface area (Å²) in [4.78, 5) is 18.7. The van der Waals surface area contributed by atoms with Gasteiger partial charge >= 0.3 is 0 Å². The van der Waals surface area contributed by atoms with E-state index in [1.54, 1.807) is 7.05 Å². The Morgan fingerprint density at radius 2 is 1.81 bits per heavy atom. The molecule has 0 saturated heterocycles. The van der Waals surface area contributed by atoms with Crippen molar-refractivity contribution >= 4 is 11.9 Å². The molecule has 0 aromatic heterocycles. The van der Waals surface area contributed by atoms with Crippen LogP contribution in [0.25, 0.3) is 0 Å². The van der Waals surface area contributed by atoms with Crippen molar-refractivity contribution in [2.45, 2.75) is 58.9 Å². The molecule has 1 aromatic carbocycles. The molecule has 1 heterocycles. The van der Waals surface area contributed by atoms with Gasteiger partial charge in [-0.3, -0.25) is 9.79 Å². The van der Waals surface area contributed by atoms with Gasteiger partial charge in [0, 0.05) is 39.6 Å². The molecule has 0 atom stereocenters. The van der Waals surface area contributed by atoms with E-state index < -0.39 is 0 Å². The van der Waals surface area contributed by atoms with Crippen LogP contribution in [0.15, 0.2) is 29.3 Å². The van der Waals surface area contributed by atoms with Gasteiger partial charge in [0.1, 0.15) is 0 Å². The SMILES string of the molecule is CN=C(NCCCCC(C)C)NCCCC(=O)N1CCc2ccccc2C1. The van der Waals surface area contributed by atoms with Crippen LogP contribution in [0.2, 0.25) is 0 Å². The second-order valence-electron chi connectivity index (χ2n) is 7.75. The summed E-state index contributed by atoms with van der Waals surface area (Å²) in [6.07, 6.45) is 6.05. The van der Waals surface area contributed by atoms with Crippen LogP contribution in [-0.4, -0.2) is 43.4 Å². The van der Waals surface area contributed by atoms with E-state index in [0.717, 1.165) is 57.3 Å². The van der Waals surface area contributed by atoms with E-state index in [9.17, 15) is 4.79 Å². The second kappa shape index (κ2) is 11.6. The highest BCUT2D eigenvalue weighted by atomic mass is 16.2. The standard InChI is InChI=1S/C22H36N4O/c1-18(2)9-6-7-14-24-22(23-3)25-15-8-12-21(27)26-16-13-19-10-4-5-11-20(19)17-26/h4-5,10-11,18H,6-9,12-17H2,1-3H3,(H2,23,24,25). The molecule has 0 bridgehead atoms. The number of nitrogens with zero attached hydrogens (tertiary/aromatic N) is 2. The first-order valence-electron chi connectivity index (χ1n) is 10.4. The van der Waals surface area contributed by atoms with Gasteiger partial charge in [-0.2, -0.15) is 0 Å². The van der Waals surface area contributed by atoms with E-state index >= 15 is 0 Å². The average molecular weight is 373 g/mol. The molecular formula is C22H36N4O. The molecule has 27 heavy (non-hydrogen) atoms. The van der Waals surface area contributed by atoms with Crippen molar-refractivity contribution in [3.05, 3.63) is 35.4 Å². The number of amides is 1. The number of rotatable bonds is 9. The van der Waals surface area contributed by atoms with Gasteiger partial charge < -0.3 is 15.5 Å². The Labute approximate surface area is 164 Å². The maximum absolute atomic E-state index is 12.5. The van der Waals surface area contributed by atoms with Crippen LogP contribution in [-0.2, 0) is 17.8 Å². The highest BCUT2D eigenvalue weighted by Crippen LogP contribution is 2.19. The molecule has 0 saturated carbocycles. The Morgan fingerprint density at radius 3 is 2.52 bits per heavy atom. The molecular weight excluding hydrogens is 336 g/mol. The van der Waals surface area contributed by atoms with Crippen molar-refractivity contribution in [2.75, 3.05) is 26.7 Å². The second-order valence-corrected chi connectivity index (χ2v) is 7.75. The minimum Gasteiger partial charge on any atom is -0.356 e. The average Bonchev–Trinajstić information content (AvgIpc) is 2.68. The van der Waals surface area contributed by atoms with Crippen LogP contribution in [0.4, 0.5) is 0 Å². The molecule has 0 unspecified atom stereocenters. The van der Waals surface area contributed by atoms with E-state index in [2.05, 4.69) is 53.7 Å². The minimum atomic E-state index is 0.253. The van der Waals surface area contributed by atoms with Gasteiger partial charge in [0.05, 0.1) is 0 Å². The molecule has 1 aromatic rings. The number of hydrogen-bond acceptors (Lipinski definition) is 2. The van der Waals surface area contributed by atoms with E-state index in [1.807, 2.05) is 4.90 Å². The number of unbranched alkanes of at least 4 members (excludes halogenated alkanes) is 1. The fourth-order valence-corrected chi connectivity index (χ4v) is 3.42. The first kappa shape index (κ1) is 21.3. The third kappa shape index (κ3) is 7.61. The molecule has 2 N–H and O–H groups in total. The summed E-state index contributed by atoms with van der Waals surface area (Å²) < 4.78 is 0. The molecule has 1 aliphatic heterocycles. The maximum atomic E-state index is 12.5. The molecule has 2 rings (SSSR count). The van der Waals surface area contributed by atoms with Crippen LogP contribution in [0.1, 0.15) is 57.1 Å². The number of hydrogen-bond donors (Lipinski definition) is 2. The summed E-state index contributed by atoms with van der Waals surface area (Å²) in [5.74, 6) is 1.86. The largest absolute Gasteiger partial charge is 0.356 e. The summed E-state index contributed by atoms with van der Waals surface area (Å²) in [7, 11) is 1.79. The quantitative estimate of drug-likeness (QED) is 0.397. The van der Waals surface area contributed by atoms with Gasteiger partial charge in [0.25, 0.3) is 0 Å². The zero-order chi connectivity index (χ0) is 19.5. The highest BCUT2D eigenvalue weighted by molar-refractivity contribution is 5.80. The van der Waals surface area contributed by atoms with Crippen LogP contribution < -0.4 is 10.6 Å². The molecule has 0 radical (unpaired) electrons. The topological polar surface area (TPSA) is 56.7 Å². The van der Waals surface area contributed by atoms with Crippen LogP contribution in [0.3, 0.4) is 0 Å². The molecule has 1 aliphatic rings. The Kier molecular flexibility index (Phi) is 9.16. The Balaban J connectivity index is 1.59. The van der Waals surface area contributed by atoms with Crippen LogP contribution in [0, 0.1) is 5.92 Å². The molecule has 0 spiro atoms. The number of carbonyl (C=O) groups is 1. The number of guanidine groups is 1. The summed E-state index contributed by atoms with van der Waals surface area (Å²) >= 11 is 0. The maximum Gasteiger partial charge on any atom is 0.222 e. The first-order chi connectivity index (χ1) is 13.1. The zero-order valence-electron chi connectivity index (χ0n) is 17.3. The lowest BCUT2D eigenvalue weighted by atomic mass is 9.99. The smallest absolute Gasteiger partial charge is 0.222 e. The van der Waals surface area contributed by atoms with Crippen LogP contribution >= 0.6 is 0 Å². The summed E-state index contributed by atoms with van der Waals surface area (Å²) in [6, 6.07) is 8.43. The highest BCUT2D eigenvalue weighted by Gasteiger charge is 2.19. The van der Waals surface area contributed by atoms with Crippen molar-refractivity contribution in [3.8, 4) is 0 Å². The predicted octanol–water partition coefficient (Wildman–Crippen LogP) is 3.34. The van der Waals surface area contributed by atoms with Gasteiger partial charge in [-0.1, -0.05) is 51.0 Å². The third-order valence-electron chi connectivity index (χ3n) is 5.07. The lowest BCUT2D eigenvalue weighted by Crippen LogP contribution is -2.39. The molecule has 1 amide bonds. The lowest BCUT2D eigenvalue weighted by molar-refractivity contribution is -0.132. The van der Waals surface area contributed by atoms with Crippen molar-refractivity contribution in [3.63, 3.8) is 0 Å². The number of benzene rings is 1. The van der Waals surface area contributed by atoms with Gasteiger partial charge in [-0.15, -0.1) is 0 Å². The van der Waals surface area contributed by atoms with E-state index in [4.69, 9.17) is 0 Å². The third-order valence-corrected chi connectivity index (χ3v) is 5.07. The Morgan fingerprint density at radius 1 is 1.11 bits per heavy atom.